The SMILES string of the molecule is CCCCN1COc2c(cc(Cl)c3cccnc23)C1. The van der Waals surface area contributed by atoms with Crippen molar-refractivity contribution in [3.63, 3.8) is 0 Å². The number of pyridine rings is 1. The molecule has 0 amide bonds. The Morgan fingerprint density at radius 2 is 2.37 bits per heavy atom. The fraction of sp³-hybridized carbons (Fsp3) is 0.400. The van der Waals surface area contributed by atoms with E-state index in [4.69, 9.17) is 16.3 Å². The average molecular weight is 277 g/mol. The zero-order valence-corrected chi connectivity index (χ0v) is 11.8. The van der Waals surface area contributed by atoms with Gasteiger partial charge >= 0.3 is 0 Å². The lowest BCUT2D eigenvalue weighted by Crippen LogP contribution is -2.32. The lowest BCUT2D eigenvalue weighted by Gasteiger charge is -2.29. The highest BCUT2D eigenvalue weighted by atomic mass is 35.5. The Morgan fingerprint density at radius 3 is 3.21 bits per heavy atom. The van der Waals surface area contributed by atoms with Crippen molar-refractivity contribution in [1.29, 1.82) is 0 Å². The van der Waals surface area contributed by atoms with Gasteiger partial charge in [0.2, 0.25) is 0 Å². The first kappa shape index (κ1) is 12.7. The summed E-state index contributed by atoms with van der Waals surface area (Å²) in [6.07, 6.45) is 4.17. The molecular weight excluding hydrogens is 260 g/mol. The van der Waals surface area contributed by atoms with E-state index in [9.17, 15) is 0 Å². The molecule has 3 nitrogen and oxygen atoms in total. The fourth-order valence-electron chi connectivity index (χ4n) is 2.47. The third-order valence-corrected chi connectivity index (χ3v) is 3.80. The van der Waals surface area contributed by atoms with Crippen molar-refractivity contribution < 1.29 is 4.74 Å². The monoisotopic (exact) mass is 276 g/mol. The maximum atomic E-state index is 6.33. The fourth-order valence-corrected chi connectivity index (χ4v) is 2.76. The van der Waals surface area contributed by atoms with Gasteiger partial charge < -0.3 is 4.74 Å². The van der Waals surface area contributed by atoms with Crippen molar-refractivity contribution in [3.05, 3.63) is 35.0 Å². The lowest BCUT2D eigenvalue weighted by atomic mass is 10.1. The van der Waals surface area contributed by atoms with Crippen LogP contribution in [-0.2, 0) is 6.54 Å². The van der Waals surface area contributed by atoms with Crippen LogP contribution in [-0.4, -0.2) is 23.2 Å². The van der Waals surface area contributed by atoms with Gasteiger partial charge in [0.25, 0.3) is 0 Å². The zero-order valence-electron chi connectivity index (χ0n) is 11.0. The Kier molecular flexibility index (Phi) is 3.58. The van der Waals surface area contributed by atoms with Crippen molar-refractivity contribution in [2.75, 3.05) is 13.3 Å². The molecule has 2 heterocycles. The third kappa shape index (κ3) is 2.40. The summed E-state index contributed by atoms with van der Waals surface area (Å²) in [5, 5.41) is 1.72. The van der Waals surface area contributed by atoms with Crippen LogP contribution in [0.2, 0.25) is 5.02 Å². The summed E-state index contributed by atoms with van der Waals surface area (Å²) in [5.74, 6) is 0.896. The van der Waals surface area contributed by atoms with Gasteiger partial charge in [-0.2, -0.15) is 0 Å². The predicted molar refractivity (Wildman–Crippen MR) is 77.6 cm³/mol. The number of benzene rings is 1. The molecule has 0 spiro atoms. The van der Waals surface area contributed by atoms with E-state index in [1.807, 2.05) is 18.2 Å². The maximum Gasteiger partial charge on any atom is 0.152 e. The van der Waals surface area contributed by atoms with Crippen LogP contribution in [0.15, 0.2) is 24.4 Å². The summed E-state index contributed by atoms with van der Waals surface area (Å²) in [6.45, 7) is 4.79. The molecule has 0 radical (unpaired) electrons. The van der Waals surface area contributed by atoms with Gasteiger partial charge in [0.05, 0.1) is 5.02 Å². The molecule has 0 saturated carbocycles. The second-order valence-corrected chi connectivity index (χ2v) is 5.33. The number of halogens is 1. The Balaban J connectivity index is 1.98. The van der Waals surface area contributed by atoms with Gasteiger partial charge in [0.1, 0.15) is 12.2 Å². The van der Waals surface area contributed by atoms with Crippen molar-refractivity contribution in [1.82, 2.24) is 9.88 Å². The van der Waals surface area contributed by atoms with Crippen LogP contribution in [0.3, 0.4) is 0 Å². The van der Waals surface area contributed by atoms with Gasteiger partial charge in [0, 0.05) is 30.2 Å². The van der Waals surface area contributed by atoms with Crippen LogP contribution in [0.4, 0.5) is 0 Å². The van der Waals surface area contributed by atoms with Crippen LogP contribution in [0.5, 0.6) is 5.75 Å². The number of hydrogen-bond acceptors (Lipinski definition) is 3. The van der Waals surface area contributed by atoms with Gasteiger partial charge in [-0.1, -0.05) is 24.9 Å². The van der Waals surface area contributed by atoms with Crippen molar-refractivity contribution in [2.24, 2.45) is 0 Å². The second-order valence-electron chi connectivity index (χ2n) is 4.93. The molecular formula is C15H17ClN2O. The van der Waals surface area contributed by atoms with Crippen LogP contribution in [0, 0.1) is 0 Å². The number of ether oxygens (including phenoxy) is 1. The number of fused-ring (bicyclic) bond motifs is 3. The van der Waals surface area contributed by atoms with Gasteiger partial charge in [-0.15, -0.1) is 0 Å². The minimum atomic E-state index is 0.639. The highest BCUT2D eigenvalue weighted by Crippen LogP contribution is 2.36. The summed E-state index contributed by atoms with van der Waals surface area (Å²) >= 11 is 6.33. The quantitative estimate of drug-likeness (QED) is 0.852. The molecule has 2 aromatic rings. The molecule has 4 heteroatoms. The van der Waals surface area contributed by atoms with Gasteiger partial charge in [-0.05, 0) is 24.6 Å². The maximum absolute atomic E-state index is 6.33. The van der Waals surface area contributed by atoms with Crippen LogP contribution in [0.1, 0.15) is 25.3 Å². The highest BCUT2D eigenvalue weighted by molar-refractivity contribution is 6.35. The molecule has 1 aromatic heterocycles. The van der Waals surface area contributed by atoms with Crippen LogP contribution in [0.25, 0.3) is 10.9 Å². The van der Waals surface area contributed by atoms with E-state index in [1.54, 1.807) is 6.20 Å². The zero-order chi connectivity index (χ0) is 13.2. The molecule has 0 aliphatic carbocycles. The normalized spacial score (nSPS) is 15.3. The van der Waals surface area contributed by atoms with E-state index in [2.05, 4.69) is 16.8 Å². The van der Waals surface area contributed by atoms with Crippen molar-refractivity contribution in [2.45, 2.75) is 26.3 Å². The molecule has 0 fully saturated rings. The first-order chi connectivity index (χ1) is 9.29. The second kappa shape index (κ2) is 5.35. The molecule has 0 saturated heterocycles. The van der Waals surface area contributed by atoms with Gasteiger partial charge in [0.15, 0.2) is 5.75 Å². The van der Waals surface area contributed by atoms with E-state index >= 15 is 0 Å². The number of rotatable bonds is 3. The molecule has 0 unspecified atom stereocenters. The minimum Gasteiger partial charge on any atom is -0.475 e. The number of aromatic nitrogens is 1. The Bertz CT molecular complexity index is 600. The van der Waals surface area contributed by atoms with Crippen LogP contribution < -0.4 is 4.74 Å². The Labute approximate surface area is 118 Å². The Morgan fingerprint density at radius 1 is 1.47 bits per heavy atom. The minimum absolute atomic E-state index is 0.639. The number of hydrogen-bond donors (Lipinski definition) is 0. The van der Waals surface area contributed by atoms with E-state index in [0.717, 1.165) is 40.3 Å². The molecule has 19 heavy (non-hydrogen) atoms. The molecule has 0 bridgehead atoms. The molecule has 100 valence electrons. The molecule has 0 N–H and O–H groups in total. The van der Waals surface area contributed by atoms with E-state index in [0.29, 0.717) is 6.73 Å². The summed E-state index contributed by atoms with van der Waals surface area (Å²) < 4.78 is 5.91. The van der Waals surface area contributed by atoms with E-state index < -0.39 is 0 Å². The summed E-state index contributed by atoms with van der Waals surface area (Å²) in [5.41, 5.74) is 2.01. The topological polar surface area (TPSA) is 25.4 Å². The first-order valence-electron chi connectivity index (χ1n) is 6.71. The molecule has 1 aliphatic heterocycles. The Hall–Kier alpha value is -1.32. The van der Waals surface area contributed by atoms with Gasteiger partial charge in [-0.3, -0.25) is 9.88 Å². The molecule has 1 aromatic carbocycles. The van der Waals surface area contributed by atoms with Crippen molar-refractivity contribution >= 4 is 22.5 Å². The number of nitrogens with zero attached hydrogens (tertiary/aromatic N) is 2. The molecule has 1 aliphatic rings. The molecule has 0 atom stereocenters. The first-order valence-corrected chi connectivity index (χ1v) is 7.08. The van der Waals surface area contributed by atoms with Crippen LogP contribution >= 0.6 is 11.6 Å². The van der Waals surface area contributed by atoms with E-state index in [-0.39, 0.29) is 0 Å². The third-order valence-electron chi connectivity index (χ3n) is 3.49. The highest BCUT2D eigenvalue weighted by Gasteiger charge is 2.21. The summed E-state index contributed by atoms with van der Waals surface area (Å²) in [6, 6.07) is 5.90. The van der Waals surface area contributed by atoms with E-state index in [1.165, 1.54) is 12.8 Å². The number of unbranched alkanes of at least 4 members (excludes halogenated alkanes) is 1. The van der Waals surface area contributed by atoms with Gasteiger partial charge in [-0.25, -0.2) is 0 Å². The summed E-state index contributed by atoms with van der Waals surface area (Å²) in [4.78, 5) is 6.72. The van der Waals surface area contributed by atoms with Crippen molar-refractivity contribution in [3.8, 4) is 5.75 Å². The largest absolute Gasteiger partial charge is 0.475 e. The standard InChI is InChI=1S/C15H17ClN2O/c1-2-3-7-18-9-11-8-13(16)12-5-4-6-17-14(12)15(11)19-10-18/h4-6,8H,2-3,7,9-10H2,1H3. The summed E-state index contributed by atoms with van der Waals surface area (Å²) in [7, 11) is 0. The average Bonchev–Trinajstić information content (AvgIpc) is 2.45. The predicted octanol–water partition coefficient (Wildman–Crippen LogP) is 3.84. The molecule has 3 rings (SSSR count). The smallest absolute Gasteiger partial charge is 0.152 e. The lowest BCUT2D eigenvalue weighted by molar-refractivity contribution is 0.0955.